The Kier molecular flexibility index (Phi) is 8.27. The number of nitrogens with two attached hydrogens (primary N) is 2. The van der Waals surface area contributed by atoms with Gasteiger partial charge < -0.3 is 26.6 Å². The Morgan fingerprint density at radius 2 is 1.91 bits per heavy atom. The molecule has 0 unspecified atom stereocenters. The fourth-order valence-corrected chi connectivity index (χ4v) is 3.22. The lowest BCUT2D eigenvalue weighted by Gasteiger charge is -2.32. The van der Waals surface area contributed by atoms with Gasteiger partial charge in [0, 0.05) is 31.9 Å². The smallest absolute Gasteiger partial charge is 0.398 e. The zero-order chi connectivity index (χ0) is 24.8. The molecule has 1 aromatic rings. The lowest BCUT2D eigenvalue weighted by molar-refractivity contribution is -0.137. The van der Waals surface area contributed by atoms with Crippen molar-refractivity contribution in [2.45, 2.75) is 19.0 Å². The molecule has 11 heteroatoms. The third-order valence-corrected chi connectivity index (χ3v) is 4.83. The van der Waals surface area contributed by atoms with Gasteiger partial charge in [0.25, 0.3) is 5.91 Å². The fourth-order valence-electron chi connectivity index (χ4n) is 3.22. The van der Waals surface area contributed by atoms with Gasteiger partial charge in [-0.2, -0.15) is 13.2 Å². The van der Waals surface area contributed by atoms with Crippen molar-refractivity contribution >= 4 is 23.8 Å². The summed E-state index contributed by atoms with van der Waals surface area (Å²) in [5.41, 5.74) is 11.5. The van der Waals surface area contributed by atoms with Gasteiger partial charge in [-0.25, -0.2) is 0 Å². The van der Waals surface area contributed by atoms with Crippen LogP contribution in [-0.4, -0.2) is 55.1 Å². The van der Waals surface area contributed by atoms with Crippen molar-refractivity contribution in [2.75, 3.05) is 27.2 Å². The standard InChI is InChI=1S/C22H26F3N5O3/c1-29(2)21(33)20-15(13-31)6-4-10-30(20)12-19(32)28-18(27)9-8-17(26)14-5-3-7-16(11-14)22(23,24)25/h3,5,7-9,11,13H,4,6,10,12,26-27H2,1-2H3,(H,28,32)/b17-8-,18-9+. The van der Waals surface area contributed by atoms with Gasteiger partial charge in [-0.05, 0) is 42.7 Å². The van der Waals surface area contributed by atoms with E-state index in [2.05, 4.69) is 5.32 Å². The molecule has 5 N–H and O–H groups in total. The number of carbonyl (C=O) groups excluding carboxylic acids is 3. The van der Waals surface area contributed by atoms with E-state index >= 15 is 0 Å². The van der Waals surface area contributed by atoms with Crippen molar-refractivity contribution in [1.82, 2.24) is 15.1 Å². The summed E-state index contributed by atoms with van der Waals surface area (Å²) in [7, 11) is 3.10. The van der Waals surface area contributed by atoms with Crippen molar-refractivity contribution in [3.8, 4) is 0 Å². The number of amides is 2. The third-order valence-electron chi connectivity index (χ3n) is 4.83. The summed E-state index contributed by atoms with van der Waals surface area (Å²) in [6.07, 6.45) is -0.306. The molecule has 1 aliphatic rings. The normalized spacial score (nSPS) is 15.4. The van der Waals surface area contributed by atoms with Crippen LogP contribution in [0.5, 0.6) is 0 Å². The second-order valence-corrected chi connectivity index (χ2v) is 7.59. The van der Waals surface area contributed by atoms with E-state index in [4.69, 9.17) is 11.5 Å². The Bertz CT molecular complexity index is 1010. The first-order valence-corrected chi connectivity index (χ1v) is 9.99. The van der Waals surface area contributed by atoms with E-state index in [0.29, 0.717) is 31.2 Å². The number of hydrogen-bond acceptors (Lipinski definition) is 6. The molecule has 0 aliphatic carbocycles. The van der Waals surface area contributed by atoms with E-state index in [9.17, 15) is 27.6 Å². The maximum atomic E-state index is 12.9. The van der Waals surface area contributed by atoms with Crippen molar-refractivity contribution in [3.63, 3.8) is 0 Å². The number of allylic oxidation sites excluding steroid dienone is 3. The molecule has 1 aromatic carbocycles. The lowest BCUT2D eigenvalue weighted by Crippen LogP contribution is -2.44. The monoisotopic (exact) mass is 465 g/mol. The van der Waals surface area contributed by atoms with Gasteiger partial charge in [0.05, 0.1) is 12.1 Å². The predicted molar refractivity (Wildman–Crippen MR) is 117 cm³/mol. The summed E-state index contributed by atoms with van der Waals surface area (Å²) in [5.74, 6) is -1.01. The fraction of sp³-hybridized carbons (Fsp3) is 0.318. The Morgan fingerprint density at radius 3 is 2.52 bits per heavy atom. The van der Waals surface area contributed by atoms with Gasteiger partial charge in [0.15, 0.2) is 0 Å². The number of rotatable bonds is 7. The second-order valence-electron chi connectivity index (χ2n) is 7.59. The number of hydrogen-bond donors (Lipinski definition) is 3. The van der Waals surface area contributed by atoms with Crippen LogP contribution in [0, 0.1) is 0 Å². The molecule has 0 fully saturated rings. The molecule has 0 bridgehead atoms. The average molecular weight is 465 g/mol. The van der Waals surface area contributed by atoms with Crippen LogP contribution in [-0.2, 0) is 20.6 Å². The minimum absolute atomic E-state index is 0.0201. The van der Waals surface area contributed by atoms with Gasteiger partial charge in [-0.3, -0.25) is 14.4 Å². The van der Waals surface area contributed by atoms with Crippen LogP contribution in [0.4, 0.5) is 13.2 Å². The summed E-state index contributed by atoms with van der Waals surface area (Å²) in [6.45, 7) is 0.194. The van der Waals surface area contributed by atoms with E-state index in [1.165, 1.54) is 34.1 Å². The van der Waals surface area contributed by atoms with E-state index in [1.807, 2.05) is 0 Å². The van der Waals surface area contributed by atoms with Crippen molar-refractivity contribution in [2.24, 2.45) is 11.5 Å². The van der Waals surface area contributed by atoms with Crippen LogP contribution in [0.3, 0.4) is 0 Å². The maximum Gasteiger partial charge on any atom is 0.416 e. The molecule has 1 heterocycles. The summed E-state index contributed by atoms with van der Waals surface area (Å²) in [6, 6.07) is 4.49. The van der Waals surface area contributed by atoms with Gasteiger partial charge >= 0.3 is 6.18 Å². The summed E-state index contributed by atoms with van der Waals surface area (Å²) in [4.78, 5) is 39.2. The molecule has 1 aliphatic heterocycles. The molecule has 0 saturated carbocycles. The number of nitrogens with zero attached hydrogens (tertiary/aromatic N) is 2. The van der Waals surface area contributed by atoms with Crippen molar-refractivity contribution < 1.29 is 27.6 Å². The minimum Gasteiger partial charge on any atom is -0.398 e. The Balaban J connectivity index is 2.10. The van der Waals surface area contributed by atoms with Crippen LogP contribution >= 0.6 is 0 Å². The first-order valence-electron chi connectivity index (χ1n) is 9.99. The minimum atomic E-state index is -4.50. The summed E-state index contributed by atoms with van der Waals surface area (Å²) in [5, 5.41) is 2.43. The highest BCUT2D eigenvalue weighted by Crippen LogP contribution is 2.30. The van der Waals surface area contributed by atoms with E-state index < -0.39 is 17.6 Å². The molecule has 2 rings (SSSR count). The predicted octanol–water partition coefficient (Wildman–Crippen LogP) is 1.56. The maximum absolute atomic E-state index is 12.9. The van der Waals surface area contributed by atoms with Crippen LogP contribution < -0.4 is 16.8 Å². The van der Waals surface area contributed by atoms with E-state index in [-0.39, 0.29) is 35.2 Å². The van der Waals surface area contributed by atoms with E-state index in [0.717, 1.165) is 12.1 Å². The molecule has 0 saturated heterocycles. The van der Waals surface area contributed by atoms with Gasteiger partial charge in [-0.15, -0.1) is 0 Å². The summed E-state index contributed by atoms with van der Waals surface area (Å²) >= 11 is 0. The molecule has 33 heavy (non-hydrogen) atoms. The van der Waals surface area contributed by atoms with E-state index in [1.54, 1.807) is 14.1 Å². The molecule has 2 amide bonds. The highest BCUT2D eigenvalue weighted by atomic mass is 19.4. The van der Waals surface area contributed by atoms with Gasteiger partial charge in [0.2, 0.25) is 5.91 Å². The van der Waals surface area contributed by atoms with Crippen molar-refractivity contribution in [3.05, 3.63) is 64.6 Å². The molecule has 0 radical (unpaired) electrons. The molecule has 8 nitrogen and oxygen atoms in total. The number of carbonyl (C=O) groups is 3. The zero-order valence-electron chi connectivity index (χ0n) is 18.3. The van der Waals surface area contributed by atoms with Crippen molar-refractivity contribution in [1.29, 1.82) is 0 Å². The van der Waals surface area contributed by atoms with Crippen LogP contribution in [0.1, 0.15) is 24.0 Å². The van der Waals surface area contributed by atoms with Gasteiger partial charge in [-0.1, -0.05) is 12.1 Å². The molecule has 0 spiro atoms. The van der Waals surface area contributed by atoms with Crippen LogP contribution in [0.15, 0.2) is 53.5 Å². The first kappa shape index (κ1) is 25.5. The van der Waals surface area contributed by atoms with Gasteiger partial charge in [0.1, 0.15) is 17.8 Å². The Labute approximate surface area is 189 Å². The Morgan fingerprint density at radius 1 is 1.21 bits per heavy atom. The first-order chi connectivity index (χ1) is 15.4. The number of alkyl halides is 3. The Hall–Kier alpha value is -3.76. The largest absolute Gasteiger partial charge is 0.416 e. The lowest BCUT2D eigenvalue weighted by atomic mass is 10.0. The number of nitrogens with one attached hydrogen (secondary N) is 1. The molecule has 0 aromatic heterocycles. The quantitative estimate of drug-likeness (QED) is 0.415. The highest BCUT2D eigenvalue weighted by Gasteiger charge is 2.30. The zero-order valence-corrected chi connectivity index (χ0v) is 18.3. The molecule has 178 valence electrons. The number of halogens is 3. The number of aldehydes is 1. The van der Waals surface area contributed by atoms with Crippen LogP contribution in [0.2, 0.25) is 0 Å². The summed E-state index contributed by atoms with van der Waals surface area (Å²) < 4.78 is 38.6. The second kappa shape index (κ2) is 10.7. The third kappa shape index (κ3) is 6.86. The number of likely N-dealkylation sites (N-methyl/N-ethyl adjacent to an activating group) is 1. The highest BCUT2D eigenvalue weighted by molar-refractivity contribution is 5.99. The topological polar surface area (TPSA) is 122 Å². The molecular formula is C22H26F3N5O3. The number of benzene rings is 1. The molecule has 0 atom stereocenters. The van der Waals surface area contributed by atoms with Crippen LogP contribution in [0.25, 0.3) is 5.70 Å². The SMILES string of the molecule is CN(C)C(=O)C1=C(C=O)CCCN1CC(=O)N/C(N)=C/C=C(\N)c1cccc(C(F)(F)F)c1. The average Bonchev–Trinajstić information content (AvgIpc) is 2.76. The molecular weight excluding hydrogens is 439 g/mol.